The van der Waals surface area contributed by atoms with Gasteiger partial charge in [-0.25, -0.2) is 22.5 Å². The lowest BCUT2D eigenvalue weighted by molar-refractivity contribution is 0.0988. The van der Waals surface area contributed by atoms with Crippen molar-refractivity contribution in [2.24, 2.45) is 0 Å². The molecule has 0 saturated carbocycles. The molecule has 0 atom stereocenters. The van der Waals surface area contributed by atoms with E-state index in [4.69, 9.17) is 14.2 Å². The van der Waals surface area contributed by atoms with Gasteiger partial charge in [0.25, 0.3) is 12.3 Å². The number of ketones is 1. The highest BCUT2D eigenvalue weighted by Crippen LogP contribution is 2.35. The summed E-state index contributed by atoms with van der Waals surface area (Å²) in [7, 11) is 2.87. The van der Waals surface area contributed by atoms with Crippen LogP contribution in [0.5, 0.6) is 23.1 Å². The first kappa shape index (κ1) is 31.2. The number of halogens is 4. The van der Waals surface area contributed by atoms with Gasteiger partial charge in [0.1, 0.15) is 11.3 Å². The molecule has 0 unspecified atom stereocenters. The number of aromatic nitrogens is 3. The van der Waals surface area contributed by atoms with Crippen molar-refractivity contribution >= 4 is 16.8 Å². The number of alkyl halides is 2. The monoisotopic (exact) mass is 621 g/mol. The summed E-state index contributed by atoms with van der Waals surface area (Å²) < 4.78 is 73.3. The third-order valence-corrected chi connectivity index (χ3v) is 7.24. The molecule has 5 aromatic rings. The second kappa shape index (κ2) is 12.8. The number of carbonyl (C=O) groups is 1. The number of ether oxygens (including phenoxy) is 3. The van der Waals surface area contributed by atoms with E-state index in [1.165, 1.54) is 57.7 Å². The fourth-order valence-electron chi connectivity index (χ4n) is 5.04. The zero-order valence-corrected chi connectivity index (χ0v) is 24.7. The van der Waals surface area contributed by atoms with Gasteiger partial charge < -0.3 is 18.8 Å². The molecule has 0 aliphatic rings. The largest absolute Gasteiger partial charge is 0.491 e. The predicted octanol–water partition coefficient (Wildman–Crippen LogP) is 6.85. The van der Waals surface area contributed by atoms with E-state index in [9.17, 15) is 22.8 Å². The molecule has 12 heteroatoms. The zero-order chi connectivity index (χ0) is 32.4. The van der Waals surface area contributed by atoms with Crippen molar-refractivity contribution in [3.63, 3.8) is 0 Å². The first-order valence-corrected chi connectivity index (χ1v) is 13.7. The van der Waals surface area contributed by atoms with Gasteiger partial charge in [0.2, 0.25) is 0 Å². The fourth-order valence-corrected chi connectivity index (χ4v) is 5.04. The van der Waals surface area contributed by atoms with Gasteiger partial charge in [-0.05, 0) is 54.8 Å². The first-order chi connectivity index (χ1) is 21.5. The minimum absolute atomic E-state index is 0.0152. The van der Waals surface area contributed by atoms with Crippen LogP contribution in [0.2, 0.25) is 0 Å². The quantitative estimate of drug-likeness (QED) is 0.124. The number of nitrogens with zero attached hydrogens (tertiary/aromatic N) is 3. The molecule has 0 N–H and O–H groups in total. The van der Waals surface area contributed by atoms with Crippen molar-refractivity contribution in [2.45, 2.75) is 33.2 Å². The van der Waals surface area contributed by atoms with Crippen molar-refractivity contribution in [2.75, 3.05) is 14.2 Å². The molecule has 8 nitrogen and oxygen atoms in total. The molecule has 0 aliphatic carbocycles. The summed E-state index contributed by atoms with van der Waals surface area (Å²) >= 11 is 0. The smallest absolute Gasteiger partial charge is 0.257 e. The number of aryl methyl sites for hydroxylation is 1. The molecule has 45 heavy (non-hydrogen) atoms. The fraction of sp³-hybridized carbons (Fsp3) is 0.212. The van der Waals surface area contributed by atoms with E-state index in [0.717, 1.165) is 22.9 Å². The molecule has 0 aliphatic heterocycles. The Morgan fingerprint density at radius 2 is 1.73 bits per heavy atom. The van der Waals surface area contributed by atoms with Crippen LogP contribution in [0.4, 0.5) is 17.6 Å². The van der Waals surface area contributed by atoms with Crippen molar-refractivity contribution in [3.8, 4) is 34.3 Å². The Labute approximate surface area is 254 Å². The van der Waals surface area contributed by atoms with Gasteiger partial charge in [-0.2, -0.15) is 0 Å². The van der Waals surface area contributed by atoms with E-state index in [1.807, 2.05) is 0 Å². The van der Waals surface area contributed by atoms with Crippen LogP contribution in [-0.2, 0) is 13.0 Å². The molecule has 0 bridgehead atoms. The first-order valence-electron chi connectivity index (χ1n) is 13.7. The molecule has 3 heterocycles. The van der Waals surface area contributed by atoms with E-state index in [-0.39, 0.29) is 39.8 Å². The Kier molecular flexibility index (Phi) is 8.84. The maximum atomic E-state index is 15.3. The number of methoxy groups -OCH3 is 2. The summed E-state index contributed by atoms with van der Waals surface area (Å²) in [5.74, 6) is -1.49. The SMILES string of the molecule is COc1cc2nccc(Oc3ccc(CC(=O)c4cn(CC(F)F)c(C)c(-c5ccc(F)cc5C)c4=O)cc3F)c2nc1OC. The van der Waals surface area contributed by atoms with Gasteiger partial charge in [0, 0.05) is 42.2 Å². The van der Waals surface area contributed by atoms with Crippen molar-refractivity contribution in [3.05, 3.63) is 105 Å². The number of carbonyl (C=O) groups excluding carboxylic acids is 1. The number of pyridine rings is 3. The topological polar surface area (TPSA) is 92.5 Å². The molecule has 0 amide bonds. The minimum atomic E-state index is -2.77. The van der Waals surface area contributed by atoms with E-state index < -0.39 is 42.2 Å². The highest BCUT2D eigenvalue weighted by Gasteiger charge is 2.23. The Balaban J connectivity index is 1.46. The van der Waals surface area contributed by atoms with Gasteiger partial charge in [-0.15, -0.1) is 0 Å². The van der Waals surface area contributed by atoms with Crippen LogP contribution in [0.15, 0.2) is 65.7 Å². The molecule has 0 saturated heterocycles. The van der Waals surface area contributed by atoms with Gasteiger partial charge in [0.05, 0.1) is 31.8 Å². The maximum Gasteiger partial charge on any atom is 0.257 e. The average Bonchev–Trinajstić information content (AvgIpc) is 3.00. The Morgan fingerprint density at radius 1 is 0.956 bits per heavy atom. The summed E-state index contributed by atoms with van der Waals surface area (Å²) in [5, 5.41) is 0. The number of rotatable bonds is 10. The normalized spacial score (nSPS) is 11.2. The zero-order valence-electron chi connectivity index (χ0n) is 24.7. The number of hydrogen-bond acceptors (Lipinski definition) is 7. The van der Waals surface area contributed by atoms with Crippen molar-refractivity contribution in [1.82, 2.24) is 14.5 Å². The second-order valence-corrected chi connectivity index (χ2v) is 10.2. The summed E-state index contributed by atoms with van der Waals surface area (Å²) in [5.41, 5.74) is 0.818. The van der Waals surface area contributed by atoms with Gasteiger partial charge in [-0.1, -0.05) is 12.1 Å². The van der Waals surface area contributed by atoms with E-state index in [0.29, 0.717) is 27.9 Å². The number of benzene rings is 2. The van der Waals surface area contributed by atoms with Gasteiger partial charge in [0.15, 0.2) is 34.3 Å². The highest BCUT2D eigenvalue weighted by atomic mass is 19.3. The van der Waals surface area contributed by atoms with E-state index in [2.05, 4.69) is 9.97 Å². The summed E-state index contributed by atoms with van der Waals surface area (Å²) in [4.78, 5) is 35.6. The molecule has 3 aromatic heterocycles. The molecule has 232 valence electrons. The predicted molar refractivity (Wildman–Crippen MR) is 159 cm³/mol. The van der Waals surface area contributed by atoms with Crippen molar-refractivity contribution in [1.29, 1.82) is 0 Å². The molecule has 0 spiro atoms. The third kappa shape index (κ3) is 6.35. The standard InChI is InChI=1S/C33H27F4N3O5/c1-17-11-20(34)6-7-21(17)30-18(2)40(16-29(36)37)15-22(32(30)42)25(41)13-19-5-8-26(23(35)12-19)45-27-9-10-38-24-14-28(43-3)33(44-4)39-31(24)27/h5-12,14-15,29H,13,16H2,1-4H3. The lowest BCUT2D eigenvalue weighted by Gasteiger charge is -2.18. The van der Waals surface area contributed by atoms with E-state index >= 15 is 4.39 Å². The van der Waals surface area contributed by atoms with Crippen LogP contribution in [0, 0.1) is 25.5 Å². The lowest BCUT2D eigenvalue weighted by Crippen LogP contribution is -2.25. The van der Waals surface area contributed by atoms with Crippen LogP contribution in [0.1, 0.15) is 27.2 Å². The molecule has 0 fully saturated rings. The molecular formula is C33H27F4N3O5. The molecular weight excluding hydrogens is 594 g/mol. The summed E-state index contributed by atoms with van der Waals surface area (Å²) in [6, 6.07) is 10.7. The lowest BCUT2D eigenvalue weighted by atomic mass is 9.95. The Hall–Kier alpha value is -5.26. The van der Waals surface area contributed by atoms with Crippen LogP contribution in [0.3, 0.4) is 0 Å². The summed E-state index contributed by atoms with van der Waals surface area (Å²) in [6.45, 7) is 2.30. The van der Waals surface area contributed by atoms with E-state index in [1.54, 1.807) is 13.0 Å². The molecule has 0 radical (unpaired) electrons. The minimum Gasteiger partial charge on any atom is -0.491 e. The maximum absolute atomic E-state index is 15.3. The van der Waals surface area contributed by atoms with Crippen LogP contribution >= 0.6 is 0 Å². The highest BCUT2D eigenvalue weighted by molar-refractivity contribution is 5.98. The Morgan fingerprint density at radius 3 is 2.40 bits per heavy atom. The van der Waals surface area contributed by atoms with Gasteiger partial charge in [-0.3, -0.25) is 14.6 Å². The van der Waals surface area contributed by atoms with Crippen LogP contribution in [0.25, 0.3) is 22.2 Å². The number of fused-ring (bicyclic) bond motifs is 1. The third-order valence-electron chi connectivity index (χ3n) is 7.24. The van der Waals surface area contributed by atoms with Crippen LogP contribution < -0.4 is 19.6 Å². The van der Waals surface area contributed by atoms with Gasteiger partial charge >= 0.3 is 0 Å². The molecule has 5 rings (SSSR count). The second-order valence-electron chi connectivity index (χ2n) is 10.2. The number of Topliss-reactive ketones (excluding diaryl/α,β-unsaturated/α-hetero) is 1. The molecule has 2 aromatic carbocycles. The summed E-state index contributed by atoms with van der Waals surface area (Å²) in [6.07, 6.45) is -0.621. The van der Waals surface area contributed by atoms with Crippen molar-refractivity contribution < 1.29 is 36.6 Å². The average molecular weight is 622 g/mol. The van der Waals surface area contributed by atoms with Crippen LogP contribution in [-0.4, -0.2) is 41.0 Å². The Bertz CT molecular complexity index is 1990. The number of hydrogen-bond donors (Lipinski definition) is 0.